The second kappa shape index (κ2) is 5.43. The van der Waals surface area contributed by atoms with E-state index in [9.17, 15) is 4.79 Å². The van der Waals surface area contributed by atoms with E-state index in [1.54, 1.807) is 12.3 Å². The lowest BCUT2D eigenvalue weighted by Crippen LogP contribution is -2.23. The van der Waals surface area contributed by atoms with Crippen LogP contribution in [0.4, 0.5) is 0 Å². The molecular weight excluding hydrogens is 324 g/mol. The van der Waals surface area contributed by atoms with Gasteiger partial charge in [-0.15, -0.1) is 11.3 Å². The lowest BCUT2D eigenvalue weighted by Gasteiger charge is -2.03. The van der Waals surface area contributed by atoms with Gasteiger partial charge in [0.15, 0.2) is 0 Å². The third kappa shape index (κ3) is 2.87. The van der Waals surface area contributed by atoms with Crippen LogP contribution in [-0.4, -0.2) is 10.9 Å². The SMILES string of the molecule is O=C(NCc1cc2c(s1)CCC2)c1ccc(Br)cn1. The van der Waals surface area contributed by atoms with E-state index in [1.165, 1.54) is 34.6 Å². The number of hydrogen-bond acceptors (Lipinski definition) is 3. The molecule has 0 atom stereocenters. The number of carbonyl (C=O) groups excluding carboxylic acids is 1. The number of carbonyl (C=O) groups is 1. The van der Waals surface area contributed by atoms with Gasteiger partial charge in [-0.05, 0) is 59.0 Å². The van der Waals surface area contributed by atoms with E-state index in [0.717, 1.165) is 4.47 Å². The van der Waals surface area contributed by atoms with Crippen LogP contribution >= 0.6 is 27.3 Å². The van der Waals surface area contributed by atoms with Crippen molar-refractivity contribution in [2.75, 3.05) is 0 Å². The van der Waals surface area contributed by atoms with E-state index < -0.39 is 0 Å². The molecular formula is C14H13BrN2OS. The van der Waals surface area contributed by atoms with Gasteiger partial charge < -0.3 is 5.32 Å². The number of fused-ring (bicyclic) bond motifs is 1. The number of nitrogens with one attached hydrogen (secondary N) is 1. The second-order valence-corrected chi connectivity index (χ2v) is 6.70. The van der Waals surface area contributed by atoms with Gasteiger partial charge in [-0.3, -0.25) is 4.79 Å². The third-order valence-corrected chi connectivity index (χ3v) is 4.89. The first-order valence-electron chi connectivity index (χ1n) is 6.22. The Bertz CT molecular complexity index is 585. The maximum Gasteiger partial charge on any atom is 0.270 e. The molecule has 2 aromatic rings. The minimum absolute atomic E-state index is 0.124. The van der Waals surface area contributed by atoms with Gasteiger partial charge in [-0.2, -0.15) is 0 Å². The summed E-state index contributed by atoms with van der Waals surface area (Å²) in [4.78, 5) is 18.7. The summed E-state index contributed by atoms with van der Waals surface area (Å²) < 4.78 is 0.874. The molecule has 19 heavy (non-hydrogen) atoms. The maximum atomic E-state index is 11.9. The summed E-state index contributed by atoms with van der Waals surface area (Å²) in [6.45, 7) is 0.592. The number of thiophene rings is 1. The molecule has 2 aromatic heterocycles. The standard InChI is InChI=1S/C14H13BrN2OS/c15-10-4-5-12(16-7-10)14(18)17-8-11-6-9-2-1-3-13(9)19-11/h4-7H,1-3,8H2,(H,17,18). The third-order valence-electron chi connectivity index (χ3n) is 3.18. The van der Waals surface area contributed by atoms with Gasteiger partial charge in [0.25, 0.3) is 5.91 Å². The zero-order valence-electron chi connectivity index (χ0n) is 10.3. The van der Waals surface area contributed by atoms with Crippen molar-refractivity contribution >= 4 is 33.2 Å². The molecule has 0 radical (unpaired) electrons. The number of halogens is 1. The van der Waals surface area contributed by atoms with Crippen LogP contribution in [0.3, 0.4) is 0 Å². The van der Waals surface area contributed by atoms with Crippen molar-refractivity contribution in [2.45, 2.75) is 25.8 Å². The molecule has 0 saturated heterocycles. The van der Waals surface area contributed by atoms with Crippen molar-refractivity contribution in [3.05, 3.63) is 49.9 Å². The molecule has 0 fully saturated rings. The smallest absolute Gasteiger partial charge is 0.270 e. The molecule has 3 rings (SSSR count). The Morgan fingerprint density at radius 3 is 3.05 bits per heavy atom. The summed E-state index contributed by atoms with van der Waals surface area (Å²) in [7, 11) is 0. The number of amides is 1. The topological polar surface area (TPSA) is 42.0 Å². The molecule has 1 N–H and O–H groups in total. The van der Waals surface area contributed by atoms with Gasteiger partial charge in [-0.25, -0.2) is 4.98 Å². The maximum absolute atomic E-state index is 11.9. The molecule has 0 aliphatic heterocycles. The van der Waals surface area contributed by atoms with Gasteiger partial charge in [0.1, 0.15) is 5.69 Å². The Labute approximate surface area is 124 Å². The number of hydrogen-bond donors (Lipinski definition) is 1. The Balaban J connectivity index is 1.62. The van der Waals surface area contributed by atoms with Crippen molar-refractivity contribution < 1.29 is 4.79 Å². The highest BCUT2D eigenvalue weighted by Crippen LogP contribution is 2.30. The highest BCUT2D eigenvalue weighted by atomic mass is 79.9. The van der Waals surface area contributed by atoms with Crippen molar-refractivity contribution in [2.24, 2.45) is 0 Å². The summed E-state index contributed by atoms with van der Waals surface area (Å²) in [6.07, 6.45) is 5.29. The molecule has 0 unspecified atom stereocenters. The van der Waals surface area contributed by atoms with Gasteiger partial charge in [0.2, 0.25) is 0 Å². The Morgan fingerprint density at radius 1 is 1.42 bits per heavy atom. The van der Waals surface area contributed by atoms with E-state index in [0.29, 0.717) is 12.2 Å². The normalized spacial score (nSPS) is 13.3. The van der Waals surface area contributed by atoms with Crippen LogP contribution < -0.4 is 5.32 Å². The van der Waals surface area contributed by atoms with Gasteiger partial charge in [0.05, 0.1) is 6.54 Å². The van der Waals surface area contributed by atoms with E-state index in [4.69, 9.17) is 0 Å². The molecule has 0 bridgehead atoms. The summed E-state index contributed by atoms with van der Waals surface area (Å²) in [5.41, 5.74) is 1.92. The molecule has 2 heterocycles. The van der Waals surface area contributed by atoms with Gasteiger partial charge in [0, 0.05) is 20.4 Å². The summed E-state index contributed by atoms with van der Waals surface area (Å²) in [5, 5.41) is 2.92. The van der Waals surface area contributed by atoms with Crippen LogP contribution in [0.5, 0.6) is 0 Å². The average Bonchev–Trinajstić information content (AvgIpc) is 2.97. The molecule has 0 spiro atoms. The highest BCUT2D eigenvalue weighted by molar-refractivity contribution is 9.10. The number of nitrogens with zero attached hydrogens (tertiary/aromatic N) is 1. The molecule has 1 amide bonds. The Morgan fingerprint density at radius 2 is 2.32 bits per heavy atom. The minimum atomic E-state index is -0.124. The summed E-state index contributed by atoms with van der Waals surface area (Å²) in [5.74, 6) is -0.124. The summed E-state index contributed by atoms with van der Waals surface area (Å²) >= 11 is 5.12. The van der Waals surface area contributed by atoms with Crippen LogP contribution in [0.1, 0.15) is 32.2 Å². The van der Waals surface area contributed by atoms with Crippen LogP contribution in [0.15, 0.2) is 28.9 Å². The zero-order chi connectivity index (χ0) is 13.2. The predicted octanol–water partition coefficient (Wildman–Crippen LogP) is 3.32. The first kappa shape index (κ1) is 12.8. The molecule has 1 aliphatic rings. The van der Waals surface area contributed by atoms with Crippen molar-refractivity contribution in [3.8, 4) is 0 Å². The largest absolute Gasteiger partial charge is 0.346 e. The Kier molecular flexibility index (Phi) is 3.66. The van der Waals surface area contributed by atoms with Crippen molar-refractivity contribution in [1.82, 2.24) is 10.3 Å². The van der Waals surface area contributed by atoms with E-state index in [1.807, 2.05) is 17.4 Å². The predicted molar refractivity (Wildman–Crippen MR) is 79.5 cm³/mol. The quantitative estimate of drug-likeness (QED) is 0.934. The Hall–Kier alpha value is -1.20. The van der Waals surface area contributed by atoms with Crippen molar-refractivity contribution in [1.29, 1.82) is 0 Å². The second-order valence-electron chi connectivity index (χ2n) is 4.56. The molecule has 98 valence electrons. The fourth-order valence-electron chi connectivity index (χ4n) is 2.25. The zero-order valence-corrected chi connectivity index (χ0v) is 12.7. The average molecular weight is 337 g/mol. The monoisotopic (exact) mass is 336 g/mol. The van der Waals surface area contributed by atoms with Crippen molar-refractivity contribution in [3.63, 3.8) is 0 Å². The molecule has 0 saturated carbocycles. The van der Waals surface area contributed by atoms with E-state index >= 15 is 0 Å². The van der Waals surface area contributed by atoms with Crippen LogP contribution in [0, 0.1) is 0 Å². The van der Waals surface area contributed by atoms with Gasteiger partial charge >= 0.3 is 0 Å². The van der Waals surface area contributed by atoms with Crippen LogP contribution in [0.2, 0.25) is 0 Å². The molecule has 5 heteroatoms. The number of pyridine rings is 1. The summed E-state index contributed by atoms with van der Waals surface area (Å²) in [6, 6.07) is 5.76. The lowest BCUT2D eigenvalue weighted by atomic mass is 10.2. The minimum Gasteiger partial charge on any atom is -0.346 e. The highest BCUT2D eigenvalue weighted by Gasteiger charge is 2.15. The number of aromatic nitrogens is 1. The number of rotatable bonds is 3. The fraction of sp³-hybridized carbons (Fsp3) is 0.286. The van der Waals surface area contributed by atoms with Crippen LogP contribution in [-0.2, 0) is 19.4 Å². The number of aryl methyl sites for hydroxylation is 2. The molecule has 3 nitrogen and oxygen atoms in total. The molecule has 0 aromatic carbocycles. The van der Waals surface area contributed by atoms with E-state index in [-0.39, 0.29) is 5.91 Å². The first-order valence-corrected chi connectivity index (χ1v) is 7.83. The first-order chi connectivity index (χ1) is 9.22. The van der Waals surface area contributed by atoms with Gasteiger partial charge in [-0.1, -0.05) is 0 Å². The van der Waals surface area contributed by atoms with E-state index in [2.05, 4.69) is 32.3 Å². The molecule has 1 aliphatic carbocycles. The fourth-order valence-corrected chi connectivity index (χ4v) is 3.68. The lowest BCUT2D eigenvalue weighted by molar-refractivity contribution is 0.0946. The van der Waals surface area contributed by atoms with Crippen LogP contribution in [0.25, 0.3) is 0 Å².